The van der Waals surface area contributed by atoms with Crippen molar-refractivity contribution in [2.75, 3.05) is 0 Å². The smallest absolute Gasteiger partial charge is 0.252 e. The fourth-order valence-corrected chi connectivity index (χ4v) is 4.74. The number of hydrogen-bond donors (Lipinski definition) is 1. The van der Waals surface area contributed by atoms with Gasteiger partial charge in [0.1, 0.15) is 5.00 Å². The van der Waals surface area contributed by atoms with Crippen molar-refractivity contribution in [3.8, 4) is 0 Å². The van der Waals surface area contributed by atoms with Crippen LogP contribution in [-0.2, 0) is 12.8 Å². The van der Waals surface area contributed by atoms with Crippen molar-refractivity contribution >= 4 is 40.1 Å². The summed E-state index contributed by atoms with van der Waals surface area (Å²) in [6.07, 6.45) is 4.76. The van der Waals surface area contributed by atoms with Crippen LogP contribution in [0.25, 0.3) is 0 Å². The fraction of sp³-hybridized carbons (Fsp3) is 0.400. The van der Waals surface area contributed by atoms with Crippen LogP contribution in [0.2, 0.25) is 5.02 Å². The molecule has 0 aliphatic heterocycles. The lowest BCUT2D eigenvalue weighted by molar-refractivity contribution is 0.1000. The van der Waals surface area contributed by atoms with E-state index in [1.807, 2.05) is 24.3 Å². The summed E-state index contributed by atoms with van der Waals surface area (Å²) in [6.45, 7) is 6.85. The molecule has 5 heteroatoms. The highest BCUT2D eigenvalue weighted by molar-refractivity contribution is 7.16. The van der Waals surface area contributed by atoms with Gasteiger partial charge in [-0.05, 0) is 53.9 Å². The third-order valence-corrected chi connectivity index (χ3v) is 6.33. The van der Waals surface area contributed by atoms with Crippen LogP contribution >= 0.6 is 22.9 Å². The van der Waals surface area contributed by atoms with E-state index in [1.54, 1.807) is 17.6 Å². The van der Waals surface area contributed by atoms with Gasteiger partial charge in [-0.1, -0.05) is 44.5 Å². The van der Waals surface area contributed by atoms with E-state index in [-0.39, 0.29) is 11.3 Å². The normalized spacial score (nSPS) is 17.7. The third kappa shape index (κ3) is 3.96. The van der Waals surface area contributed by atoms with Gasteiger partial charge in [0.25, 0.3) is 5.91 Å². The largest absolute Gasteiger partial charge is 0.365 e. The summed E-state index contributed by atoms with van der Waals surface area (Å²) < 4.78 is 0. The number of carbonyl (C=O) groups excluding carboxylic acids is 1. The molecular formula is C20H23ClN2OS. The van der Waals surface area contributed by atoms with Crippen LogP contribution in [0.4, 0.5) is 5.00 Å². The van der Waals surface area contributed by atoms with Gasteiger partial charge in [-0.3, -0.25) is 4.79 Å². The highest BCUT2D eigenvalue weighted by Crippen LogP contribution is 2.45. The maximum atomic E-state index is 12.0. The third-order valence-electron chi connectivity index (χ3n) is 4.92. The van der Waals surface area contributed by atoms with E-state index >= 15 is 0 Å². The van der Waals surface area contributed by atoms with Crippen LogP contribution in [-0.4, -0.2) is 12.1 Å². The molecule has 0 bridgehead atoms. The highest BCUT2D eigenvalue weighted by atomic mass is 35.5. The van der Waals surface area contributed by atoms with Crippen LogP contribution < -0.4 is 5.73 Å². The van der Waals surface area contributed by atoms with Crippen molar-refractivity contribution in [2.24, 2.45) is 22.1 Å². The summed E-state index contributed by atoms with van der Waals surface area (Å²) in [5, 5.41) is 1.41. The van der Waals surface area contributed by atoms with Crippen molar-refractivity contribution in [3.05, 3.63) is 50.9 Å². The van der Waals surface area contributed by atoms with Gasteiger partial charge in [0.05, 0.1) is 5.56 Å². The number of amides is 1. The summed E-state index contributed by atoms with van der Waals surface area (Å²) in [6, 6.07) is 7.45. The first-order chi connectivity index (χ1) is 11.8. The second-order valence-corrected chi connectivity index (χ2v) is 9.18. The van der Waals surface area contributed by atoms with Crippen molar-refractivity contribution < 1.29 is 4.79 Å². The molecule has 2 N–H and O–H groups in total. The van der Waals surface area contributed by atoms with E-state index in [4.69, 9.17) is 17.3 Å². The molecule has 1 aromatic heterocycles. The molecule has 2 aromatic rings. The maximum Gasteiger partial charge on any atom is 0.252 e. The molecule has 25 heavy (non-hydrogen) atoms. The van der Waals surface area contributed by atoms with E-state index in [2.05, 4.69) is 25.8 Å². The average Bonchev–Trinajstić information content (AvgIpc) is 2.91. The molecule has 0 unspecified atom stereocenters. The molecule has 0 fully saturated rings. The lowest BCUT2D eigenvalue weighted by atomic mass is 9.72. The van der Waals surface area contributed by atoms with Gasteiger partial charge in [0, 0.05) is 16.1 Å². The number of thiophene rings is 1. The molecule has 0 radical (unpaired) electrons. The lowest BCUT2D eigenvalue weighted by Gasteiger charge is -2.33. The number of nitrogens with two attached hydrogens (primary N) is 1. The number of fused-ring (bicyclic) bond motifs is 1. The van der Waals surface area contributed by atoms with Gasteiger partial charge in [-0.2, -0.15) is 0 Å². The van der Waals surface area contributed by atoms with Gasteiger partial charge in [0.15, 0.2) is 0 Å². The van der Waals surface area contributed by atoms with Gasteiger partial charge >= 0.3 is 0 Å². The minimum atomic E-state index is -0.380. The monoisotopic (exact) mass is 374 g/mol. The Bertz CT molecular complexity index is 815. The topological polar surface area (TPSA) is 55.4 Å². The van der Waals surface area contributed by atoms with Crippen molar-refractivity contribution in [2.45, 2.75) is 40.0 Å². The van der Waals surface area contributed by atoms with Crippen LogP contribution in [0.15, 0.2) is 29.3 Å². The first-order valence-corrected chi connectivity index (χ1v) is 9.69. The Kier molecular flexibility index (Phi) is 5.03. The zero-order chi connectivity index (χ0) is 18.2. The summed E-state index contributed by atoms with van der Waals surface area (Å²) in [4.78, 5) is 17.9. The summed E-state index contributed by atoms with van der Waals surface area (Å²) in [7, 11) is 0. The van der Waals surface area contributed by atoms with Crippen molar-refractivity contribution in [3.63, 3.8) is 0 Å². The van der Waals surface area contributed by atoms with Crippen LogP contribution in [0.3, 0.4) is 0 Å². The highest BCUT2D eigenvalue weighted by Gasteiger charge is 2.33. The Morgan fingerprint density at radius 2 is 2.00 bits per heavy atom. The quantitative estimate of drug-likeness (QED) is 0.718. The molecule has 1 aromatic carbocycles. The lowest BCUT2D eigenvalue weighted by Crippen LogP contribution is -2.27. The molecule has 0 saturated carbocycles. The van der Waals surface area contributed by atoms with Crippen LogP contribution in [0, 0.1) is 11.3 Å². The maximum absolute atomic E-state index is 12.0. The Balaban J connectivity index is 1.94. The first-order valence-electron chi connectivity index (χ1n) is 8.49. The number of carbonyl (C=O) groups is 1. The predicted molar refractivity (Wildman–Crippen MR) is 107 cm³/mol. The molecular weight excluding hydrogens is 352 g/mol. The number of nitrogens with zero attached hydrogens (tertiary/aromatic N) is 1. The molecule has 1 atom stereocenters. The molecule has 0 saturated heterocycles. The van der Waals surface area contributed by atoms with E-state index in [1.165, 1.54) is 4.88 Å². The van der Waals surface area contributed by atoms with Crippen molar-refractivity contribution in [1.82, 2.24) is 0 Å². The zero-order valence-electron chi connectivity index (χ0n) is 14.8. The van der Waals surface area contributed by atoms with Gasteiger partial charge < -0.3 is 5.73 Å². The summed E-state index contributed by atoms with van der Waals surface area (Å²) >= 11 is 7.52. The molecule has 1 aliphatic carbocycles. The van der Waals surface area contributed by atoms with Gasteiger partial charge in [-0.15, -0.1) is 11.3 Å². The van der Waals surface area contributed by atoms with Crippen molar-refractivity contribution in [1.29, 1.82) is 0 Å². The average molecular weight is 375 g/mol. The molecule has 3 nitrogen and oxygen atoms in total. The molecule has 1 heterocycles. The molecule has 3 rings (SSSR count). The fourth-order valence-electron chi connectivity index (χ4n) is 3.34. The molecule has 1 amide bonds. The number of rotatable bonds is 3. The second-order valence-electron chi connectivity index (χ2n) is 7.66. The summed E-state index contributed by atoms with van der Waals surface area (Å²) in [5.74, 6) is 0.238. The Morgan fingerprint density at radius 1 is 1.32 bits per heavy atom. The van der Waals surface area contributed by atoms with E-state index in [0.29, 0.717) is 16.5 Å². The minimum absolute atomic E-state index is 0.265. The Morgan fingerprint density at radius 3 is 2.60 bits per heavy atom. The molecule has 132 valence electrons. The Labute approximate surface area is 157 Å². The van der Waals surface area contributed by atoms with Gasteiger partial charge in [-0.25, -0.2) is 4.99 Å². The second kappa shape index (κ2) is 6.93. The number of primary amides is 1. The zero-order valence-corrected chi connectivity index (χ0v) is 16.4. The number of hydrogen-bond acceptors (Lipinski definition) is 3. The SMILES string of the molecule is CC(C)(C)[C@H]1CCc2c(sc(N=Cc3ccc(Cl)cc3)c2C(N)=O)C1. The van der Waals surface area contributed by atoms with Gasteiger partial charge in [0.2, 0.25) is 0 Å². The predicted octanol–water partition coefficient (Wildman–Crippen LogP) is 5.40. The standard InChI is InChI=1S/C20H23ClN2OS/c1-20(2,3)13-6-9-15-16(10-13)25-19(17(15)18(22)24)23-11-12-4-7-14(21)8-5-12/h4-5,7-8,11,13H,6,9-10H2,1-3H3,(H2,22,24)/t13-/m0/s1. The van der Waals surface area contributed by atoms with Crippen LogP contribution in [0.1, 0.15) is 53.6 Å². The van der Waals surface area contributed by atoms with E-state index in [9.17, 15) is 4.79 Å². The number of aliphatic imine (C=N–C) groups is 1. The first kappa shape index (κ1) is 18.2. The summed E-state index contributed by atoms with van der Waals surface area (Å²) in [5.41, 5.74) is 8.60. The van der Waals surface area contributed by atoms with E-state index < -0.39 is 0 Å². The molecule has 0 spiro atoms. The number of halogens is 1. The number of benzene rings is 1. The Hall–Kier alpha value is -1.65. The minimum Gasteiger partial charge on any atom is -0.365 e. The molecule has 1 aliphatic rings. The van der Waals surface area contributed by atoms with Crippen LogP contribution in [0.5, 0.6) is 0 Å². The van der Waals surface area contributed by atoms with E-state index in [0.717, 1.165) is 35.4 Å².